The molecule has 1 fully saturated rings. The van der Waals surface area contributed by atoms with Crippen LogP contribution in [0.3, 0.4) is 0 Å². The summed E-state index contributed by atoms with van der Waals surface area (Å²) in [5.41, 5.74) is 0.330. The van der Waals surface area contributed by atoms with Gasteiger partial charge in [0.2, 0.25) is 0 Å². The smallest absolute Gasteiger partial charge is 0.0483 e. The predicted octanol–water partition coefficient (Wildman–Crippen LogP) is 2.89. The molecule has 0 radical (unpaired) electrons. The van der Waals surface area contributed by atoms with E-state index in [2.05, 4.69) is 18.8 Å². The van der Waals surface area contributed by atoms with Crippen LogP contribution in [-0.4, -0.2) is 25.3 Å². The molecule has 1 N–H and O–H groups in total. The average Bonchev–Trinajstić information content (AvgIpc) is 2.24. The Labute approximate surface area is 94.1 Å². The average molecular weight is 211 g/mol. The van der Waals surface area contributed by atoms with E-state index in [1.807, 2.05) is 6.08 Å². The summed E-state index contributed by atoms with van der Waals surface area (Å²) in [6.07, 6.45) is 9.35. The zero-order valence-electron chi connectivity index (χ0n) is 10.1. The molecule has 0 aromatic carbocycles. The molecule has 0 spiro atoms. The van der Waals surface area contributed by atoms with Gasteiger partial charge in [-0.3, -0.25) is 0 Å². The van der Waals surface area contributed by atoms with Crippen LogP contribution in [0.15, 0.2) is 12.7 Å². The van der Waals surface area contributed by atoms with E-state index in [4.69, 9.17) is 4.74 Å². The van der Waals surface area contributed by atoms with Crippen molar-refractivity contribution < 1.29 is 4.74 Å². The van der Waals surface area contributed by atoms with E-state index < -0.39 is 0 Å². The molecule has 88 valence electrons. The molecule has 0 aromatic rings. The maximum atomic E-state index is 5.37. The summed E-state index contributed by atoms with van der Waals surface area (Å²) in [6.45, 7) is 9.03. The number of allylic oxidation sites excluding steroid dienone is 1. The monoisotopic (exact) mass is 211 g/mol. The maximum absolute atomic E-state index is 5.37. The fourth-order valence-electron chi connectivity index (χ4n) is 1.98. The van der Waals surface area contributed by atoms with Crippen LogP contribution >= 0.6 is 0 Å². The Kier molecular flexibility index (Phi) is 5.96. The molecule has 0 amide bonds. The molecule has 1 aliphatic rings. The third-order valence-corrected chi connectivity index (χ3v) is 3.23. The summed E-state index contributed by atoms with van der Waals surface area (Å²) in [5.74, 6) is 0. The summed E-state index contributed by atoms with van der Waals surface area (Å²) >= 11 is 0. The summed E-state index contributed by atoms with van der Waals surface area (Å²) in [5, 5.41) is 3.67. The normalized spacial score (nSPS) is 20.1. The van der Waals surface area contributed by atoms with Crippen molar-refractivity contribution in [2.75, 3.05) is 19.8 Å². The topological polar surface area (TPSA) is 21.3 Å². The third-order valence-electron chi connectivity index (χ3n) is 3.23. The van der Waals surface area contributed by atoms with Gasteiger partial charge in [0.05, 0.1) is 0 Å². The maximum Gasteiger partial charge on any atom is 0.0483 e. The zero-order chi connectivity index (χ0) is 11.0. The molecule has 1 saturated heterocycles. The van der Waals surface area contributed by atoms with E-state index in [0.717, 1.165) is 39.0 Å². The van der Waals surface area contributed by atoms with Crippen LogP contribution in [0, 0.1) is 0 Å². The van der Waals surface area contributed by atoms with Gasteiger partial charge in [0, 0.05) is 18.8 Å². The Balaban J connectivity index is 2.00. The number of nitrogens with one attached hydrogen (secondary N) is 1. The Hall–Kier alpha value is -0.340. The van der Waals surface area contributed by atoms with E-state index >= 15 is 0 Å². The summed E-state index contributed by atoms with van der Waals surface area (Å²) in [4.78, 5) is 0. The highest BCUT2D eigenvalue weighted by Crippen LogP contribution is 2.19. The predicted molar refractivity (Wildman–Crippen MR) is 65.1 cm³/mol. The molecule has 0 unspecified atom stereocenters. The van der Waals surface area contributed by atoms with Crippen molar-refractivity contribution in [3.63, 3.8) is 0 Å². The third kappa shape index (κ3) is 5.33. The van der Waals surface area contributed by atoms with Crippen molar-refractivity contribution in [2.45, 2.75) is 51.0 Å². The lowest BCUT2D eigenvalue weighted by molar-refractivity contribution is 0.0453. The standard InChI is InChI=1S/C13H25NO/c1-3-4-5-6-7-10-14-13(2)8-11-15-12-9-13/h3,14H,1,4-12H2,2H3. The van der Waals surface area contributed by atoms with Gasteiger partial charge in [0.15, 0.2) is 0 Å². The SMILES string of the molecule is C=CCCCCCNC1(C)CCOCC1. The molecule has 0 aromatic heterocycles. The molecule has 2 nitrogen and oxygen atoms in total. The van der Waals surface area contributed by atoms with Crippen LogP contribution in [0.4, 0.5) is 0 Å². The van der Waals surface area contributed by atoms with E-state index in [1.54, 1.807) is 0 Å². The van der Waals surface area contributed by atoms with Gasteiger partial charge in [-0.05, 0) is 45.6 Å². The molecule has 0 saturated carbocycles. The molecule has 0 bridgehead atoms. The highest BCUT2D eigenvalue weighted by molar-refractivity contribution is 4.85. The van der Waals surface area contributed by atoms with Gasteiger partial charge in [-0.1, -0.05) is 12.5 Å². The first kappa shape index (κ1) is 12.7. The van der Waals surface area contributed by atoms with Crippen LogP contribution < -0.4 is 5.32 Å². The largest absolute Gasteiger partial charge is 0.381 e. The van der Waals surface area contributed by atoms with Crippen molar-refractivity contribution in [1.82, 2.24) is 5.32 Å². The van der Waals surface area contributed by atoms with Crippen molar-refractivity contribution in [3.05, 3.63) is 12.7 Å². The van der Waals surface area contributed by atoms with Crippen LogP contribution in [-0.2, 0) is 4.74 Å². The number of hydrogen-bond donors (Lipinski definition) is 1. The zero-order valence-corrected chi connectivity index (χ0v) is 10.1. The summed E-state index contributed by atoms with van der Waals surface area (Å²) in [6, 6.07) is 0. The molecule has 0 aliphatic carbocycles. The van der Waals surface area contributed by atoms with E-state index in [1.165, 1.54) is 19.3 Å². The molecular formula is C13H25NO. The van der Waals surface area contributed by atoms with Crippen molar-refractivity contribution in [3.8, 4) is 0 Å². The van der Waals surface area contributed by atoms with Crippen LogP contribution in [0.5, 0.6) is 0 Å². The van der Waals surface area contributed by atoms with E-state index in [-0.39, 0.29) is 0 Å². The fraction of sp³-hybridized carbons (Fsp3) is 0.846. The second-order valence-electron chi connectivity index (χ2n) is 4.74. The fourth-order valence-corrected chi connectivity index (χ4v) is 1.98. The number of hydrogen-bond acceptors (Lipinski definition) is 2. The van der Waals surface area contributed by atoms with Crippen LogP contribution in [0.2, 0.25) is 0 Å². The molecule has 2 heteroatoms. The molecule has 0 atom stereocenters. The van der Waals surface area contributed by atoms with Gasteiger partial charge in [-0.15, -0.1) is 6.58 Å². The lowest BCUT2D eigenvalue weighted by Gasteiger charge is -2.34. The first-order valence-corrected chi connectivity index (χ1v) is 6.20. The molecule has 15 heavy (non-hydrogen) atoms. The number of ether oxygens (including phenoxy) is 1. The van der Waals surface area contributed by atoms with Gasteiger partial charge >= 0.3 is 0 Å². The number of rotatable bonds is 7. The Bertz CT molecular complexity index is 173. The second-order valence-corrected chi connectivity index (χ2v) is 4.74. The van der Waals surface area contributed by atoms with Crippen molar-refractivity contribution in [1.29, 1.82) is 0 Å². The van der Waals surface area contributed by atoms with Gasteiger partial charge in [-0.2, -0.15) is 0 Å². The Morgan fingerprint density at radius 2 is 2.00 bits per heavy atom. The van der Waals surface area contributed by atoms with Gasteiger partial charge in [-0.25, -0.2) is 0 Å². The van der Waals surface area contributed by atoms with E-state index in [0.29, 0.717) is 5.54 Å². The lowest BCUT2D eigenvalue weighted by Crippen LogP contribution is -2.47. The van der Waals surface area contributed by atoms with Crippen molar-refractivity contribution >= 4 is 0 Å². The Morgan fingerprint density at radius 1 is 1.27 bits per heavy atom. The molecule has 1 aliphatic heterocycles. The van der Waals surface area contributed by atoms with Crippen molar-refractivity contribution in [2.24, 2.45) is 0 Å². The van der Waals surface area contributed by atoms with Gasteiger partial charge < -0.3 is 10.1 Å². The van der Waals surface area contributed by atoms with Crippen LogP contribution in [0.1, 0.15) is 45.4 Å². The summed E-state index contributed by atoms with van der Waals surface area (Å²) in [7, 11) is 0. The summed E-state index contributed by atoms with van der Waals surface area (Å²) < 4.78 is 5.37. The van der Waals surface area contributed by atoms with Gasteiger partial charge in [0.1, 0.15) is 0 Å². The lowest BCUT2D eigenvalue weighted by atomic mass is 9.92. The minimum atomic E-state index is 0.330. The highest BCUT2D eigenvalue weighted by Gasteiger charge is 2.25. The first-order valence-electron chi connectivity index (χ1n) is 6.20. The quantitative estimate of drug-likeness (QED) is 0.516. The molecule has 1 heterocycles. The second kappa shape index (κ2) is 7.02. The van der Waals surface area contributed by atoms with Gasteiger partial charge in [0.25, 0.3) is 0 Å². The number of unbranched alkanes of at least 4 members (excludes halogenated alkanes) is 3. The minimum absolute atomic E-state index is 0.330. The first-order chi connectivity index (χ1) is 7.27. The Morgan fingerprint density at radius 3 is 2.67 bits per heavy atom. The van der Waals surface area contributed by atoms with Crippen LogP contribution in [0.25, 0.3) is 0 Å². The molecule has 1 rings (SSSR count). The molecular weight excluding hydrogens is 186 g/mol. The van der Waals surface area contributed by atoms with E-state index in [9.17, 15) is 0 Å². The minimum Gasteiger partial charge on any atom is -0.381 e. The highest BCUT2D eigenvalue weighted by atomic mass is 16.5.